The van der Waals surface area contributed by atoms with Gasteiger partial charge in [0.2, 0.25) is 0 Å². The molecule has 25 heavy (non-hydrogen) atoms. The molecule has 3 rings (SSSR count). The zero-order valence-electron chi connectivity index (χ0n) is 13.8. The van der Waals surface area contributed by atoms with Crippen molar-refractivity contribution < 1.29 is 0 Å². The average molecular weight is 355 g/mol. The predicted molar refractivity (Wildman–Crippen MR) is 97.8 cm³/mol. The summed E-state index contributed by atoms with van der Waals surface area (Å²) < 4.78 is 4.05. The van der Waals surface area contributed by atoms with Gasteiger partial charge < -0.3 is 4.57 Å². The molecule has 0 atom stereocenters. The van der Waals surface area contributed by atoms with Gasteiger partial charge in [-0.05, 0) is 24.1 Å². The molecule has 0 aliphatic rings. The summed E-state index contributed by atoms with van der Waals surface area (Å²) in [6.45, 7) is 3.72. The van der Waals surface area contributed by atoms with E-state index in [1.165, 1.54) is 10.6 Å². The molecule has 0 unspecified atom stereocenters. The van der Waals surface area contributed by atoms with E-state index in [9.17, 15) is 9.59 Å². The number of rotatable bonds is 2. The minimum Gasteiger partial charge on any atom is -0.314 e. The van der Waals surface area contributed by atoms with E-state index in [2.05, 4.69) is 23.4 Å². The Hall–Kier alpha value is -3.04. The van der Waals surface area contributed by atoms with Crippen LogP contribution in [0, 0.1) is 11.8 Å². The lowest BCUT2D eigenvalue weighted by atomic mass is 10.2. The van der Waals surface area contributed by atoms with Gasteiger partial charge in [-0.1, -0.05) is 29.7 Å². The second-order valence-corrected chi connectivity index (χ2v) is 5.91. The number of aryl methyl sites for hydroxylation is 2. The summed E-state index contributed by atoms with van der Waals surface area (Å²) >= 11 is 5.95. The highest BCUT2D eigenvalue weighted by Crippen LogP contribution is 2.11. The molecule has 0 fully saturated rings. The maximum absolute atomic E-state index is 12.6. The number of hydrogen-bond donors (Lipinski definition) is 0. The van der Waals surface area contributed by atoms with Crippen LogP contribution in [0.2, 0.25) is 5.02 Å². The minimum absolute atomic E-state index is 0.135. The molecule has 0 bridgehead atoms. The van der Waals surface area contributed by atoms with Crippen LogP contribution < -0.4 is 11.2 Å². The standard InChI is InChI=1S/C18H15ClN4O2/c1-4-10-23-17(24)15-16(22(3)18(23)25)20-14(21(15)2)9-8-12-6-5-7-13(19)11-12/h4-7,11H,1,10H2,2-3H3. The molecule has 3 aromatic rings. The first kappa shape index (κ1) is 16.8. The molecule has 0 spiro atoms. The number of allylic oxidation sites excluding steroid dienone is 1. The van der Waals surface area contributed by atoms with E-state index in [0.717, 1.165) is 10.1 Å². The van der Waals surface area contributed by atoms with Gasteiger partial charge in [0.15, 0.2) is 17.0 Å². The number of fused-ring (bicyclic) bond motifs is 1. The summed E-state index contributed by atoms with van der Waals surface area (Å²) in [6, 6.07) is 7.14. The second-order valence-electron chi connectivity index (χ2n) is 5.47. The molecule has 6 nitrogen and oxygen atoms in total. The Morgan fingerprint density at radius 3 is 2.68 bits per heavy atom. The number of halogens is 1. The van der Waals surface area contributed by atoms with Crippen LogP contribution in [0.25, 0.3) is 11.2 Å². The molecule has 0 aliphatic heterocycles. The number of aromatic nitrogens is 4. The number of imidazole rings is 1. The third-order valence-corrected chi connectivity index (χ3v) is 4.05. The summed E-state index contributed by atoms with van der Waals surface area (Å²) in [7, 11) is 3.27. The molecule has 7 heteroatoms. The third kappa shape index (κ3) is 2.90. The van der Waals surface area contributed by atoms with Crippen molar-refractivity contribution >= 4 is 22.8 Å². The predicted octanol–water partition coefficient (Wildman–Crippen LogP) is 1.67. The summed E-state index contributed by atoms with van der Waals surface area (Å²) in [4.78, 5) is 29.3. The highest BCUT2D eigenvalue weighted by molar-refractivity contribution is 6.30. The van der Waals surface area contributed by atoms with Crippen LogP contribution in [-0.4, -0.2) is 18.7 Å². The van der Waals surface area contributed by atoms with Crippen LogP contribution in [0.3, 0.4) is 0 Å². The van der Waals surface area contributed by atoms with Gasteiger partial charge >= 0.3 is 5.69 Å². The molecule has 2 aromatic heterocycles. The first-order valence-corrected chi connectivity index (χ1v) is 7.86. The largest absolute Gasteiger partial charge is 0.332 e. The summed E-state index contributed by atoms with van der Waals surface area (Å²) in [5.41, 5.74) is 0.499. The van der Waals surface area contributed by atoms with Crippen LogP contribution in [-0.2, 0) is 20.6 Å². The van der Waals surface area contributed by atoms with Gasteiger partial charge in [0.05, 0.1) is 0 Å². The van der Waals surface area contributed by atoms with Crippen molar-refractivity contribution in [2.45, 2.75) is 6.54 Å². The Morgan fingerprint density at radius 1 is 1.24 bits per heavy atom. The molecule has 1 aromatic carbocycles. The fraction of sp³-hybridized carbons (Fsp3) is 0.167. The highest BCUT2D eigenvalue weighted by atomic mass is 35.5. The molecule has 0 saturated heterocycles. The Bertz CT molecular complexity index is 1170. The molecule has 0 N–H and O–H groups in total. The molecular formula is C18H15ClN4O2. The van der Waals surface area contributed by atoms with Crippen molar-refractivity contribution in [1.82, 2.24) is 18.7 Å². The van der Waals surface area contributed by atoms with E-state index in [-0.39, 0.29) is 6.54 Å². The fourth-order valence-electron chi connectivity index (χ4n) is 2.54. The van der Waals surface area contributed by atoms with E-state index in [0.29, 0.717) is 22.0 Å². The molecule has 0 radical (unpaired) electrons. The SMILES string of the molecule is C=CCn1c(=O)c2c(nc(C#Cc3cccc(Cl)c3)n2C)n(C)c1=O. The molecule has 0 saturated carbocycles. The smallest absolute Gasteiger partial charge is 0.314 e. The van der Waals surface area contributed by atoms with Crippen LogP contribution >= 0.6 is 11.6 Å². The fourth-order valence-corrected chi connectivity index (χ4v) is 2.73. The van der Waals surface area contributed by atoms with Crippen LogP contribution in [0.1, 0.15) is 11.4 Å². The van der Waals surface area contributed by atoms with E-state index in [4.69, 9.17) is 11.6 Å². The maximum Gasteiger partial charge on any atom is 0.332 e. The summed E-state index contributed by atoms with van der Waals surface area (Å²) in [5.74, 6) is 6.28. The molecule has 0 aliphatic carbocycles. The Kier molecular flexibility index (Phi) is 4.34. The van der Waals surface area contributed by atoms with E-state index in [1.54, 1.807) is 36.9 Å². The van der Waals surface area contributed by atoms with Gasteiger partial charge in [0.25, 0.3) is 5.56 Å². The molecule has 126 valence electrons. The first-order valence-electron chi connectivity index (χ1n) is 7.48. The zero-order valence-corrected chi connectivity index (χ0v) is 14.5. The molecule has 0 amide bonds. The van der Waals surface area contributed by atoms with Crippen molar-refractivity contribution in [2.24, 2.45) is 14.1 Å². The maximum atomic E-state index is 12.6. The number of nitrogens with zero attached hydrogens (tertiary/aromatic N) is 4. The summed E-state index contributed by atoms with van der Waals surface area (Å²) in [6.07, 6.45) is 1.50. The van der Waals surface area contributed by atoms with Crippen LogP contribution in [0.15, 0.2) is 46.5 Å². The van der Waals surface area contributed by atoms with Gasteiger partial charge in [0.1, 0.15) is 0 Å². The van der Waals surface area contributed by atoms with Gasteiger partial charge in [-0.3, -0.25) is 13.9 Å². The summed E-state index contributed by atoms with van der Waals surface area (Å²) in [5, 5.41) is 0.589. The average Bonchev–Trinajstić information content (AvgIpc) is 2.92. The molecule has 2 heterocycles. The third-order valence-electron chi connectivity index (χ3n) is 3.81. The van der Waals surface area contributed by atoms with Gasteiger partial charge in [-0.25, -0.2) is 9.78 Å². The number of benzene rings is 1. The van der Waals surface area contributed by atoms with Crippen molar-refractivity contribution in [3.05, 3.63) is 74.2 Å². The lowest BCUT2D eigenvalue weighted by Crippen LogP contribution is -2.39. The second kappa shape index (κ2) is 6.46. The van der Waals surface area contributed by atoms with Crippen molar-refractivity contribution in [2.75, 3.05) is 0 Å². The zero-order chi connectivity index (χ0) is 18.1. The Labute approximate surface area is 148 Å². The van der Waals surface area contributed by atoms with E-state index in [1.807, 2.05) is 6.07 Å². The lowest BCUT2D eigenvalue weighted by Gasteiger charge is -2.05. The molecular weight excluding hydrogens is 340 g/mol. The van der Waals surface area contributed by atoms with Crippen molar-refractivity contribution in [1.29, 1.82) is 0 Å². The normalized spacial score (nSPS) is 10.5. The Balaban J connectivity index is 2.23. The highest BCUT2D eigenvalue weighted by Gasteiger charge is 2.17. The topological polar surface area (TPSA) is 61.8 Å². The van der Waals surface area contributed by atoms with Gasteiger partial charge in [-0.15, -0.1) is 6.58 Å². The Morgan fingerprint density at radius 2 is 2.00 bits per heavy atom. The van der Waals surface area contributed by atoms with Crippen molar-refractivity contribution in [3.63, 3.8) is 0 Å². The van der Waals surface area contributed by atoms with E-state index < -0.39 is 11.2 Å². The monoisotopic (exact) mass is 354 g/mol. The quantitative estimate of drug-likeness (QED) is 0.519. The van der Waals surface area contributed by atoms with Gasteiger partial charge in [0, 0.05) is 31.2 Å². The van der Waals surface area contributed by atoms with Crippen LogP contribution in [0.5, 0.6) is 0 Å². The number of hydrogen-bond acceptors (Lipinski definition) is 3. The lowest BCUT2D eigenvalue weighted by molar-refractivity contribution is 0.665. The van der Waals surface area contributed by atoms with Gasteiger partial charge in [-0.2, -0.15) is 0 Å². The van der Waals surface area contributed by atoms with Crippen molar-refractivity contribution in [3.8, 4) is 11.8 Å². The first-order chi connectivity index (χ1) is 11.9. The van der Waals surface area contributed by atoms with Crippen LogP contribution in [0.4, 0.5) is 0 Å². The minimum atomic E-state index is -0.440. The van der Waals surface area contributed by atoms with E-state index >= 15 is 0 Å².